The number of H-pyrrole nitrogens is 1. The van der Waals surface area contributed by atoms with Crippen molar-refractivity contribution < 1.29 is 18.0 Å². The Morgan fingerprint density at radius 2 is 2.21 bits per heavy atom. The first-order valence-corrected chi connectivity index (χ1v) is 9.48. The number of hydrogen-bond donors (Lipinski definition) is 2. The van der Waals surface area contributed by atoms with Crippen LogP contribution in [-0.2, 0) is 15.1 Å². The third-order valence-corrected chi connectivity index (χ3v) is 5.59. The van der Waals surface area contributed by atoms with Gasteiger partial charge in [0.1, 0.15) is 0 Å². The van der Waals surface area contributed by atoms with Crippen molar-refractivity contribution in [3.8, 4) is 11.3 Å². The summed E-state index contributed by atoms with van der Waals surface area (Å²) in [6, 6.07) is 5.39. The molecule has 0 bridgehead atoms. The summed E-state index contributed by atoms with van der Waals surface area (Å²) in [5, 5.41) is 0.278. The maximum atomic E-state index is 12.2. The normalized spacial score (nSPS) is 14.4. The zero-order valence-corrected chi connectivity index (χ0v) is 15.3. The van der Waals surface area contributed by atoms with Gasteiger partial charge >= 0.3 is 7.60 Å². The topological polar surface area (TPSA) is 88.3 Å². The summed E-state index contributed by atoms with van der Waals surface area (Å²) < 4.78 is 22.0. The number of aromatic nitrogens is 2. The van der Waals surface area contributed by atoms with E-state index in [-0.39, 0.29) is 16.4 Å². The van der Waals surface area contributed by atoms with E-state index in [9.17, 15) is 9.46 Å². The number of imidazole rings is 1. The molecule has 1 unspecified atom stereocenters. The van der Waals surface area contributed by atoms with Crippen molar-refractivity contribution >= 4 is 47.6 Å². The third kappa shape index (κ3) is 3.13. The number of hydrogen-bond acceptors (Lipinski definition) is 4. The smallest absolute Gasteiger partial charge is 0.410 e. The average molecular weight is 389 g/mol. The molecule has 0 aliphatic rings. The predicted molar refractivity (Wildman–Crippen MR) is 93.7 cm³/mol. The fourth-order valence-electron chi connectivity index (χ4n) is 2.54. The van der Waals surface area contributed by atoms with E-state index in [1.165, 1.54) is 0 Å². The molecule has 2 aromatic heterocycles. The Balaban J connectivity index is 2.19. The van der Waals surface area contributed by atoms with Crippen LogP contribution in [0, 0.1) is 5.92 Å². The SMILES string of the molecule is CC(C)Cc1c(P(=O)(O)OCl)oc(-c2ccc3nc[nH]c3c2)c1Cl. The second-order valence-corrected chi connectivity index (χ2v) is 8.23. The average Bonchev–Trinajstić information content (AvgIpc) is 3.12. The molecule has 2 heterocycles. The van der Waals surface area contributed by atoms with Gasteiger partial charge in [-0.1, -0.05) is 25.4 Å². The summed E-state index contributed by atoms with van der Waals surface area (Å²) in [5.74, 6) is 0.485. The zero-order chi connectivity index (χ0) is 17.5. The second kappa shape index (κ2) is 6.54. The first-order valence-electron chi connectivity index (χ1n) is 7.22. The molecule has 1 atom stereocenters. The minimum atomic E-state index is -4.29. The van der Waals surface area contributed by atoms with Crippen LogP contribution in [0.3, 0.4) is 0 Å². The minimum Gasteiger partial charge on any atom is -0.446 e. The Bertz CT molecular complexity index is 935. The second-order valence-electron chi connectivity index (χ2n) is 5.85. The number of aromatic amines is 1. The number of halogens is 2. The van der Waals surface area contributed by atoms with Crippen molar-refractivity contribution in [2.24, 2.45) is 5.92 Å². The van der Waals surface area contributed by atoms with Crippen LogP contribution in [0.4, 0.5) is 0 Å². The van der Waals surface area contributed by atoms with Crippen LogP contribution >= 0.6 is 31.1 Å². The lowest BCUT2D eigenvalue weighted by Crippen LogP contribution is -2.10. The molecule has 128 valence electrons. The Morgan fingerprint density at radius 1 is 1.46 bits per heavy atom. The van der Waals surface area contributed by atoms with Gasteiger partial charge in [-0.15, -0.1) is 0 Å². The van der Waals surface area contributed by atoms with Crippen LogP contribution in [0.1, 0.15) is 19.4 Å². The van der Waals surface area contributed by atoms with Gasteiger partial charge in [0.05, 0.1) is 34.2 Å². The summed E-state index contributed by atoms with van der Waals surface area (Å²) in [5.41, 5.74) is 2.45. The van der Waals surface area contributed by atoms with Crippen LogP contribution in [0.2, 0.25) is 5.02 Å². The molecule has 3 rings (SSSR count). The highest BCUT2D eigenvalue weighted by atomic mass is 35.5. The van der Waals surface area contributed by atoms with E-state index in [1.807, 2.05) is 13.8 Å². The van der Waals surface area contributed by atoms with Gasteiger partial charge in [0.25, 0.3) is 0 Å². The molecular weight excluding hydrogens is 374 g/mol. The summed E-state index contributed by atoms with van der Waals surface area (Å²) >= 11 is 11.6. The molecule has 0 aliphatic heterocycles. The fourth-order valence-corrected chi connectivity index (χ4v) is 3.92. The van der Waals surface area contributed by atoms with E-state index in [0.29, 0.717) is 23.3 Å². The Hall–Kier alpha value is -1.30. The number of furan rings is 1. The lowest BCUT2D eigenvalue weighted by molar-refractivity contribution is 0.396. The summed E-state index contributed by atoms with van der Waals surface area (Å²) in [7, 11) is -4.29. The Kier molecular flexibility index (Phi) is 4.78. The molecule has 2 N–H and O–H groups in total. The number of nitrogens with one attached hydrogen (secondary N) is 1. The van der Waals surface area contributed by atoms with Crippen molar-refractivity contribution in [1.82, 2.24) is 9.97 Å². The van der Waals surface area contributed by atoms with Gasteiger partial charge in [-0.05, 0) is 30.5 Å². The van der Waals surface area contributed by atoms with Crippen LogP contribution in [-0.4, -0.2) is 14.9 Å². The number of rotatable bonds is 5. The van der Waals surface area contributed by atoms with Crippen molar-refractivity contribution in [2.45, 2.75) is 20.3 Å². The quantitative estimate of drug-likeness (QED) is 0.620. The van der Waals surface area contributed by atoms with Crippen molar-refractivity contribution in [3.63, 3.8) is 0 Å². The van der Waals surface area contributed by atoms with Crippen molar-refractivity contribution in [3.05, 3.63) is 35.1 Å². The number of benzene rings is 1. The molecule has 0 spiro atoms. The van der Waals surface area contributed by atoms with E-state index in [4.69, 9.17) is 27.9 Å². The standard InChI is InChI=1S/C15H15Cl2N2O4P/c1-8(2)5-10-13(16)14(22-15(10)24(20,21)23-17)9-3-4-11-12(6-9)19-7-18-11/h3-4,6-8H,5H2,1-2H3,(H,18,19)(H,20,21). The highest BCUT2D eigenvalue weighted by molar-refractivity contribution is 7.61. The summed E-state index contributed by atoms with van der Waals surface area (Å²) in [6.07, 6.45) is 2.03. The molecule has 0 amide bonds. The molecule has 0 radical (unpaired) electrons. The summed E-state index contributed by atoms with van der Waals surface area (Å²) in [6.45, 7) is 3.93. The Morgan fingerprint density at radius 3 is 2.88 bits per heavy atom. The van der Waals surface area contributed by atoms with Gasteiger partial charge in [0.15, 0.2) is 5.76 Å². The monoisotopic (exact) mass is 388 g/mol. The zero-order valence-electron chi connectivity index (χ0n) is 12.9. The van der Waals surface area contributed by atoms with Gasteiger partial charge in [-0.2, -0.15) is 4.08 Å². The molecule has 6 nitrogen and oxygen atoms in total. The van der Waals surface area contributed by atoms with E-state index in [0.717, 1.165) is 11.0 Å². The maximum Gasteiger partial charge on any atom is 0.410 e. The fraction of sp³-hybridized carbons (Fsp3) is 0.267. The highest BCUT2D eigenvalue weighted by Gasteiger charge is 2.35. The molecule has 0 aliphatic carbocycles. The lowest BCUT2D eigenvalue weighted by Gasteiger charge is -2.08. The van der Waals surface area contributed by atoms with Gasteiger partial charge < -0.3 is 14.3 Å². The number of nitrogens with zero attached hydrogens (tertiary/aromatic N) is 1. The minimum absolute atomic E-state index is 0.192. The van der Waals surface area contributed by atoms with E-state index in [2.05, 4.69) is 14.0 Å². The van der Waals surface area contributed by atoms with Gasteiger partial charge in [0.2, 0.25) is 5.50 Å². The first kappa shape index (κ1) is 17.5. The highest BCUT2D eigenvalue weighted by Crippen LogP contribution is 2.48. The van der Waals surface area contributed by atoms with Crippen molar-refractivity contribution in [2.75, 3.05) is 0 Å². The van der Waals surface area contributed by atoms with Gasteiger partial charge in [0, 0.05) is 11.1 Å². The molecular formula is C15H15Cl2N2O4P. The molecule has 0 saturated carbocycles. The molecule has 1 aromatic carbocycles. The van der Waals surface area contributed by atoms with E-state index < -0.39 is 7.60 Å². The predicted octanol–water partition coefficient (Wildman–Crippen LogP) is 4.66. The third-order valence-electron chi connectivity index (χ3n) is 3.57. The van der Waals surface area contributed by atoms with E-state index in [1.54, 1.807) is 24.5 Å². The van der Waals surface area contributed by atoms with E-state index >= 15 is 0 Å². The molecule has 0 fully saturated rings. The van der Waals surface area contributed by atoms with Crippen LogP contribution in [0.15, 0.2) is 28.9 Å². The number of fused-ring (bicyclic) bond motifs is 1. The molecule has 3 aromatic rings. The van der Waals surface area contributed by atoms with Crippen LogP contribution in [0.25, 0.3) is 22.4 Å². The lowest BCUT2D eigenvalue weighted by atomic mass is 10.0. The Labute approximate surface area is 148 Å². The largest absolute Gasteiger partial charge is 0.446 e. The van der Waals surface area contributed by atoms with Crippen LogP contribution in [0.5, 0.6) is 0 Å². The van der Waals surface area contributed by atoms with Crippen molar-refractivity contribution in [1.29, 1.82) is 0 Å². The van der Waals surface area contributed by atoms with Gasteiger partial charge in [-0.3, -0.25) is 0 Å². The molecule has 24 heavy (non-hydrogen) atoms. The maximum absolute atomic E-state index is 12.2. The van der Waals surface area contributed by atoms with Crippen LogP contribution < -0.4 is 5.50 Å². The molecule has 0 saturated heterocycles. The molecule has 9 heteroatoms. The van der Waals surface area contributed by atoms with Gasteiger partial charge in [-0.25, -0.2) is 9.55 Å². The summed E-state index contributed by atoms with van der Waals surface area (Å²) in [4.78, 5) is 17.1. The first-order chi connectivity index (χ1) is 11.3.